The van der Waals surface area contributed by atoms with Crippen molar-refractivity contribution < 1.29 is 4.74 Å². The van der Waals surface area contributed by atoms with E-state index >= 15 is 0 Å². The van der Waals surface area contributed by atoms with Crippen LogP contribution in [0.3, 0.4) is 0 Å². The third kappa shape index (κ3) is 5.04. The molecule has 1 rings (SSSR count). The third-order valence-corrected chi connectivity index (χ3v) is 3.32. The molecule has 1 aromatic rings. The molecule has 1 aromatic heterocycles. The summed E-state index contributed by atoms with van der Waals surface area (Å²) in [6.45, 7) is 5.83. The lowest BCUT2D eigenvalue weighted by Gasteiger charge is -2.13. The molecule has 0 aliphatic heterocycles. The maximum Gasteiger partial charge on any atom is 0.239 e. The Morgan fingerprint density at radius 2 is 2.28 bits per heavy atom. The molecule has 0 aromatic carbocycles. The van der Waals surface area contributed by atoms with Gasteiger partial charge in [0.05, 0.1) is 12.3 Å². The van der Waals surface area contributed by atoms with E-state index in [1.54, 1.807) is 0 Å². The second-order valence-corrected chi connectivity index (χ2v) is 5.29. The fraction of sp³-hybridized carbons (Fsp3) is 0.615. The molecule has 1 heterocycles. The molecule has 0 radical (unpaired) electrons. The fourth-order valence-corrected chi connectivity index (χ4v) is 2.17. The fourth-order valence-electron chi connectivity index (χ4n) is 1.49. The van der Waals surface area contributed by atoms with Crippen LogP contribution < -0.4 is 15.8 Å². The Morgan fingerprint density at radius 3 is 2.94 bits per heavy atom. The number of thioether (sulfide) groups is 1. The number of ether oxygens (including phenoxy) is 1. The van der Waals surface area contributed by atoms with Crippen LogP contribution in [0.5, 0.6) is 5.88 Å². The molecule has 0 aliphatic rings. The number of nitrogens with one attached hydrogen (secondary N) is 1. The monoisotopic (exact) mass is 269 g/mol. The Kier molecular flexibility index (Phi) is 6.72. The van der Waals surface area contributed by atoms with Gasteiger partial charge < -0.3 is 15.8 Å². The Morgan fingerprint density at radius 1 is 1.50 bits per heavy atom. The minimum atomic E-state index is 0.527. The van der Waals surface area contributed by atoms with Crippen LogP contribution in [0.4, 0.5) is 11.5 Å². The maximum absolute atomic E-state index is 5.82. The molecule has 0 aliphatic carbocycles. The van der Waals surface area contributed by atoms with Gasteiger partial charge in [-0.1, -0.05) is 13.8 Å². The van der Waals surface area contributed by atoms with E-state index in [9.17, 15) is 0 Å². The lowest BCUT2D eigenvalue weighted by Crippen LogP contribution is -2.14. The summed E-state index contributed by atoms with van der Waals surface area (Å²) < 4.78 is 5.50. The molecule has 18 heavy (non-hydrogen) atoms. The summed E-state index contributed by atoms with van der Waals surface area (Å²) in [6, 6.07) is 3.72. The van der Waals surface area contributed by atoms with E-state index in [4.69, 9.17) is 10.5 Å². The zero-order chi connectivity index (χ0) is 13.4. The van der Waals surface area contributed by atoms with Gasteiger partial charge in [-0.05, 0) is 36.5 Å². The largest absolute Gasteiger partial charge is 0.476 e. The topological polar surface area (TPSA) is 60.2 Å². The minimum absolute atomic E-state index is 0.527. The van der Waals surface area contributed by atoms with Crippen molar-refractivity contribution in [1.29, 1.82) is 0 Å². The summed E-state index contributed by atoms with van der Waals surface area (Å²) in [5, 5.41) is 3.31. The Hall–Kier alpha value is -1.10. The van der Waals surface area contributed by atoms with Crippen LogP contribution in [0.1, 0.15) is 20.3 Å². The first-order chi connectivity index (χ1) is 8.67. The highest BCUT2D eigenvalue weighted by Gasteiger charge is 2.05. The summed E-state index contributed by atoms with van der Waals surface area (Å²) in [5.41, 5.74) is 6.40. The van der Waals surface area contributed by atoms with E-state index < -0.39 is 0 Å². The highest BCUT2D eigenvalue weighted by molar-refractivity contribution is 7.98. The van der Waals surface area contributed by atoms with Gasteiger partial charge in [0.1, 0.15) is 5.82 Å². The van der Waals surface area contributed by atoms with Gasteiger partial charge in [0.15, 0.2) is 0 Å². The number of hydrogen-bond donors (Lipinski definition) is 2. The molecule has 1 unspecified atom stereocenters. The minimum Gasteiger partial charge on any atom is -0.476 e. The first-order valence-corrected chi connectivity index (χ1v) is 7.68. The van der Waals surface area contributed by atoms with Crippen LogP contribution in [0.15, 0.2) is 12.1 Å². The molecule has 0 fully saturated rings. The van der Waals surface area contributed by atoms with E-state index in [2.05, 4.69) is 30.4 Å². The van der Waals surface area contributed by atoms with Gasteiger partial charge in [-0.25, -0.2) is 0 Å². The zero-order valence-corrected chi connectivity index (χ0v) is 12.2. The Labute approximate surface area is 114 Å². The van der Waals surface area contributed by atoms with E-state index in [0.717, 1.165) is 24.5 Å². The van der Waals surface area contributed by atoms with Gasteiger partial charge in [0, 0.05) is 6.54 Å². The standard InChI is InChI=1S/C13H23N3OS/c1-4-7-17-13-11(14)5-6-12(16-13)15-8-10(2)9-18-3/h5-6,10H,4,7-9,14H2,1-3H3,(H,15,16). The summed E-state index contributed by atoms with van der Waals surface area (Å²) >= 11 is 1.86. The molecule has 102 valence electrons. The van der Waals surface area contributed by atoms with Crippen LogP contribution in [-0.4, -0.2) is 30.1 Å². The van der Waals surface area contributed by atoms with Crippen molar-refractivity contribution in [3.05, 3.63) is 12.1 Å². The first-order valence-electron chi connectivity index (χ1n) is 6.29. The molecule has 5 heteroatoms. The van der Waals surface area contributed by atoms with Crippen molar-refractivity contribution in [2.45, 2.75) is 20.3 Å². The number of anilines is 2. The van der Waals surface area contributed by atoms with Gasteiger partial charge >= 0.3 is 0 Å². The Balaban J connectivity index is 2.55. The predicted octanol–water partition coefficient (Wildman–Crippen LogP) is 2.86. The first kappa shape index (κ1) is 15.0. The molecule has 0 amide bonds. The lowest BCUT2D eigenvalue weighted by molar-refractivity contribution is 0.307. The summed E-state index contributed by atoms with van der Waals surface area (Å²) in [5.74, 6) is 3.10. The van der Waals surface area contributed by atoms with E-state index in [-0.39, 0.29) is 0 Å². The highest BCUT2D eigenvalue weighted by atomic mass is 32.2. The van der Waals surface area contributed by atoms with Crippen molar-refractivity contribution >= 4 is 23.3 Å². The van der Waals surface area contributed by atoms with Crippen molar-refractivity contribution in [3.63, 3.8) is 0 Å². The Bertz CT molecular complexity index is 360. The summed E-state index contributed by atoms with van der Waals surface area (Å²) in [4.78, 5) is 4.38. The van der Waals surface area contributed by atoms with E-state index in [0.29, 0.717) is 24.1 Å². The number of nitrogens with two attached hydrogens (primary N) is 1. The van der Waals surface area contributed by atoms with Crippen molar-refractivity contribution in [2.24, 2.45) is 5.92 Å². The average molecular weight is 269 g/mol. The molecule has 0 bridgehead atoms. The number of aromatic nitrogens is 1. The van der Waals surface area contributed by atoms with Crippen LogP contribution >= 0.6 is 11.8 Å². The van der Waals surface area contributed by atoms with Gasteiger partial charge in [-0.3, -0.25) is 0 Å². The van der Waals surface area contributed by atoms with Crippen molar-refractivity contribution in [2.75, 3.05) is 36.2 Å². The molecule has 0 spiro atoms. The quantitative estimate of drug-likeness (QED) is 0.760. The highest BCUT2D eigenvalue weighted by Crippen LogP contribution is 2.21. The third-order valence-electron chi connectivity index (χ3n) is 2.42. The number of hydrogen-bond acceptors (Lipinski definition) is 5. The van der Waals surface area contributed by atoms with Gasteiger partial charge in [-0.2, -0.15) is 16.7 Å². The van der Waals surface area contributed by atoms with E-state index in [1.807, 2.05) is 23.9 Å². The zero-order valence-electron chi connectivity index (χ0n) is 11.4. The van der Waals surface area contributed by atoms with E-state index in [1.165, 1.54) is 0 Å². The lowest BCUT2D eigenvalue weighted by atomic mass is 10.2. The smallest absolute Gasteiger partial charge is 0.239 e. The molecule has 1 atom stereocenters. The van der Waals surface area contributed by atoms with Gasteiger partial charge in [0.25, 0.3) is 0 Å². The normalized spacial score (nSPS) is 12.2. The van der Waals surface area contributed by atoms with Crippen LogP contribution in [0, 0.1) is 5.92 Å². The number of nitrogen functional groups attached to an aromatic ring is 1. The van der Waals surface area contributed by atoms with Gasteiger partial charge in [-0.15, -0.1) is 0 Å². The molecular weight excluding hydrogens is 246 g/mol. The SMILES string of the molecule is CCCOc1nc(NCC(C)CSC)ccc1N. The molecule has 0 saturated heterocycles. The summed E-state index contributed by atoms with van der Waals surface area (Å²) in [6.07, 6.45) is 3.07. The molecule has 4 nitrogen and oxygen atoms in total. The second kappa shape index (κ2) is 8.08. The summed E-state index contributed by atoms with van der Waals surface area (Å²) in [7, 11) is 0. The van der Waals surface area contributed by atoms with Gasteiger partial charge in [0.2, 0.25) is 5.88 Å². The molecule has 0 saturated carbocycles. The number of nitrogens with zero attached hydrogens (tertiary/aromatic N) is 1. The maximum atomic E-state index is 5.82. The van der Waals surface area contributed by atoms with Crippen LogP contribution in [-0.2, 0) is 0 Å². The number of rotatable bonds is 8. The second-order valence-electron chi connectivity index (χ2n) is 4.38. The molecular formula is C13H23N3OS. The van der Waals surface area contributed by atoms with Crippen molar-refractivity contribution in [3.8, 4) is 5.88 Å². The molecule has 3 N–H and O–H groups in total. The average Bonchev–Trinajstić information content (AvgIpc) is 2.36. The van der Waals surface area contributed by atoms with Crippen LogP contribution in [0.25, 0.3) is 0 Å². The van der Waals surface area contributed by atoms with Crippen molar-refractivity contribution in [1.82, 2.24) is 4.98 Å². The van der Waals surface area contributed by atoms with Crippen LogP contribution in [0.2, 0.25) is 0 Å². The predicted molar refractivity (Wildman–Crippen MR) is 80.5 cm³/mol. The number of pyridine rings is 1.